The van der Waals surface area contributed by atoms with Gasteiger partial charge in [-0.05, 0) is 50.6 Å². The smallest absolute Gasteiger partial charge is 0.127 e. The minimum absolute atomic E-state index is 0.293. The lowest BCUT2D eigenvalue weighted by atomic mass is 10.1. The molecule has 1 aromatic heterocycles. The van der Waals surface area contributed by atoms with Crippen molar-refractivity contribution in [3.63, 3.8) is 0 Å². The number of aromatic nitrogens is 1. The number of β-amino-alcohol motifs (C(OH)–C–C–N with tert-alkyl or cyclic N) is 1. The molecule has 0 spiro atoms. The number of fused-ring (bicyclic) bond motifs is 1. The summed E-state index contributed by atoms with van der Waals surface area (Å²) in [5.41, 5.74) is 3.05. The summed E-state index contributed by atoms with van der Waals surface area (Å²) in [6.45, 7) is 9.09. The van der Waals surface area contributed by atoms with E-state index in [-0.39, 0.29) is 6.10 Å². The minimum atomic E-state index is -1.40. The fourth-order valence-electron chi connectivity index (χ4n) is 4.08. The molecule has 0 saturated carbocycles. The first kappa shape index (κ1) is 24.5. The van der Waals surface area contributed by atoms with Gasteiger partial charge in [0.25, 0.3) is 0 Å². The van der Waals surface area contributed by atoms with Crippen molar-refractivity contribution in [2.75, 3.05) is 31.6 Å². The zero-order chi connectivity index (χ0) is 23.5. The summed E-state index contributed by atoms with van der Waals surface area (Å²) in [7, 11) is 0.350. The van der Waals surface area contributed by atoms with E-state index < -0.39 is 16.6 Å². The molecule has 1 aliphatic heterocycles. The van der Waals surface area contributed by atoms with Crippen molar-refractivity contribution in [2.24, 2.45) is 0 Å². The number of rotatable bonds is 6. The van der Waals surface area contributed by atoms with Crippen LogP contribution in [0.2, 0.25) is 0 Å². The number of nitrogens with zero attached hydrogens (tertiary/aromatic N) is 2. The molecule has 2 atom stereocenters. The molecule has 3 aromatic rings. The molecule has 32 heavy (non-hydrogen) atoms. The number of para-hydroxylation sites is 1. The Balaban J connectivity index is 0.00000141. The van der Waals surface area contributed by atoms with Gasteiger partial charge >= 0.3 is 0 Å². The zero-order valence-corrected chi connectivity index (χ0v) is 20.4. The number of hydrogen-bond donors (Lipinski definition) is 3. The van der Waals surface area contributed by atoms with E-state index in [1.54, 1.807) is 25.2 Å². The van der Waals surface area contributed by atoms with Gasteiger partial charge in [-0.2, -0.15) is 0 Å². The van der Waals surface area contributed by atoms with Crippen LogP contribution >= 0.6 is 0 Å². The highest BCUT2D eigenvalue weighted by Gasteiger charge is 2.25. The van der Waals surface area contributed by atoms with Crippen molar-refractivity contribution in [1.82, 2.24) is 9.29 Å². The van der Waals surface area contributed by atoms with Crippen molar-refractivity contribution in [1.29, 1.82) is 0 Å². The number of hydrogen-bond acceptors (Lipinski definition) is 4. The van der Waals surface area contributed by atoms with E-state index in [2.05, 4.69) is 22.0 Å². The lowest BCUT2D eigenvalue weighted by Crippen LogP contribution is -2.37. The second-order valence-corrected chi connectivity index (χ2v) is 10.3. The molecule has 7 heteroatoms. The molecule has 0 amide bonds. The average Bonchev–Trinajstić information content (AvgIpc) is 3.39. The SMILES string of the molecule is CC.CN(CC(C)(C)O)S(=O)c1ccc(N2CCC(O)C2)c(-c2cc3ccccc3[nH]2)c1. The van der Waals surface area contributed by atoms with Crippen LogP contribution in [-0.4, -0.2) is 62.1 Å². The molecule has 6 nitrogen and oxygen atoms in total. The fourth-order valence-corrected chi connectivity index (χ4v) is 5.27. The van der Waals surface area contributed by atoms with Gasteiger partial charge < -0.3 is 20.1 Å². The Morgan fingerprint density at radius 1 is 1.19 bits per heavy atom. The van der Waals surface area contributed by atoms with E-state index in [0.29, 0.717) is 18.0 Å². The number of benzene rings is 2. The van der Waals surface area contributed by atoms with Crippen LogP contribution in [0.1, 0.15) is 34.1 Å². The lowest BCUT2D eigenvalue weighted by Gasteiger charge is -2.25. The zero-order valence-electron chi connectivity index (χ0n) is 19.6. The molecule has 3 N–H and O–H groups in total. The van der Waals surface area contributed by atoms with Crippen molar-refractivity contribution in [3.8, 4) is 11.3 Å². The lowest BCUT2D eigenvalue weighted by molar-refractivity contribution is 0.0651. The Kier molecular flexibility index (Phi) is 7.77. The number of anilines is 1. The van der Waals surface area contributed by atoms with Gasteiger partial charge in [0, 0.05) is 54.5 Å². The number of aromatic amines is 1. The third kappa shape index (κ3) is 5.59. The Bertz CT molecular complexity index is 1040. The molecule has 1 fully saturated rings. The van der Waals surface area contributed by atoms with E-state index >= 15 is 0 Å². The molecule has 2 heterocycles. The highest BCUT2D eigenvalue weighted by molar-refractivity contribution is 7.82. The third-order valence-corrected chi connectivity index (χ3v) is 6.74. The predicted molar refractivity (Wildman–Crippen MR) is 133 cm³/mol. The highest BCUT2D eigenvalue weighted by atomic mass is 32.2. The van der Waals surface area contributed by atoms with Gasteiger partial charge in [0.15, 0.2) is 0 Å². The summed E-state index contributed by atoms with van der Waals surface area (Å²) in [6, 6.07) is 16.0. The molecule has 2 unspecified atom stereocenters. The normalized spacial score (nSPS) is 17.5. The topological polar surface area (TPSA) is 79.8 Å². The van der Waals surface area contributed by atoms with Crippen LogP contribution in [-0.2, 0) is 11.0 Å². The maximum atomic E-state index is 13.1. The first-order chi connectivity index (χ1) is 15.2. The maximum absolute atomic E-state index is 13.1. The van der Waals surface area contributed by atoms with Crippen LogP contribution in [0.3, 0.4) is 0 Å². The molecular weight excluding hydrogens is 422 g/mol. The first-order valence-corrected chi connectivity index (χ1v) is 12.3. The molecule has 174 valence electrons. The van der Waals surface area contributed by atoms with Gasteiger partial charge in [0.2, 0.25) is 0 Å². The summed E-state index contributed by atoms with van der Waals surface area (Å²) in [4.78, 5) is 6.34. The van der Waals surface area contributed by atoms with Gasteiger partial charge in [-0.1, -0.05) is 32.0 Å². The Morgan fingerprint density at radius 2 is 1.91 bits per heavy atom. The second kappa shape index (κ2) is 10.2. The number of aliphatic hydroxyl groups excluding tert-OH is 1. The average molecular weight is 458 g/mol. The van der Waals surface area contributed by atoms with Gasteiger partial charge in [0.1, 0.15) is 11.0 Å². The molecule has 1 aliphatic rings. The summed E-state index contributed by atoms with van der Waals surface area (Å²) < 4.78 is 14.8. The van der Waals surface area contributed by atoms with Crippen LogP contribution in [0.4, 0.5) is 5.69 Å². The number of nitrogens with one attached hydrogen (secondary N) is 1. The van der Waals surface area contributed by atoms with Crippen LogP contribution in [0.15, 0.2) is 53.4 Å². The van der Waals surface area contributed by atoms with Crippen LogP contribution < -0.4 is 4.90 Å². The summed E-state index contributed by atoms with van der Waals surface area (Å²) in [5.74, 6) is 0. The van der Waals surface area contributed by atoms with Crippen molar-refractivity contribution < 1.29 is 14.4 Å². The minimum Gasteiger partial charge on any atom is -0.391 e. The molecule has 0 bridgehead atoms. The van der Waals surface area contributed by atoms with Crippen LogP contribution in [0.5, 0.6) is 0 Å². The molecule has 0 radical (unpaired) electrons. The third-order valence-electron chi connectivity index (χ3n) is 5.39. The summed E-state index contributed by atoms with van der Waals surface area (Å²) in [5, 5.41) is 21.2. The van der Waals surface area contributed by atoms with Crippen LogP contribution in [0, 0.1) is 0 Å². The molecule has 2 aromatic carbocycles. The monoisotopic (exact) mass is 457 g/mol. The Morgan fingerprint density at radius 3 is 2.53 bits per heavy atom. The maximum Gasteiger partial charge on any atom is 0.127 e. The van der Waals surface area contributed by atoms with Crippen molar-refractivity contribution in [3.05, 3.63) is 48.5 Å². The fraction of sp³-hybridized carbons (Fsp3) is 0.440. The largest absolute Gasteiger partial charge is 0.391 e. The predicted octanol–water partition coefficient (Wildman–Crippen LogP) is 4.16. The molecule has 4 rings (SSSR count). The van der Waals surface area contributed by atoms with E-state index in [1.165, 1.54) is 0 Å². The molecule has 0 aliphatic carbocycles. The van der Waals surface area contributed by atoms with Gasteiger partial charge in [0.05, 0.1) is 16.6 Å². The van der Waals surface area contributed by atoms with Crippen molar-refractivity contribution in [2.45, 2.75) is 50.7 Å². The van der Waals surface area contributed by atoms with E-state index in [9.17, 15) is 14.4 Å². The number of aliphatic hydroxyl groups is 2. The second-order valence-electron chi connectivity index (χ2n) is 8.69. The Labute approximate surface area is 193 Å². The summed E-state index contributed by atoms with van der Waals surface area (Å²) in [6.07, 6.45) is 0.418. The van der Waals surface area contributed by atoms with Crippen molar-refractivity contribution >= 4 is 27.6 Å². The number of H-pyrrole nitrogens is 1. The quantitative estimate of drug-likeness (QED) is 0.519. The highest BCUT2D eigenvalue weighted by Crippen LogP contribution is 2.36. The Hall–Kier alpha value is -2.19. The summed E-state index contributed by atoms with van der Waals surface area (Å²) >= 11 is 0. The standard InChI is InChI=1S/C23H29N3O3S.C2H6/c1-23(2,28)15-25(3)30(29)18-8-9-22(26-11-10-17(27)14-26)19(13-18)21-12-16-6-4-5-7-20(16)24-21;1-2/h4-9,12-13,17,24,27-28H,10-11,14-15H2,1-3H3;1-2H3. The van der Waals surface area contributed by atoms with E-state index in [1.807, 2.05) is 50.2 Å². The van der Waals surface area contributed by atoms with Gasteiger partial charge in [-0.3, -0.25) is 0 Å². The van der Waals surface area contributed by atoms with Gasteiger partial charge in [-0.25, -0.2) is 8.51 Å². The first-order valence-electron chi connectivity index (χ1n) is 11.2. The molecular formula is C25H35N3O3S. The molecule has 1 saturated heterocycles. The van der Waals surface area contributed by atoms with Gasteiger partial charge in [-0.15, -0.1) is 0 Å². The van der Waals surface area contributed by atoms with E-state index in [4.69, 9.17) is 0 Å². The number of likely N-dealkylation sites (N-methyl/N-ethyl adjacent to an activating group) is 1. The van der Waals surface area contributed by atoms with E-state index in [0.717, 1.165) is 40.8 Å². The van der Waals surface area contributed by atoms with Crippen LogP contribution in [0.25, 0.3) is 22.2 Å².